The van der Waals surface area contributed by atoms with Gasteiger partial charge < -0.3 is 14.6 Å². The third-order valence-electron chi connectivity index (χ3n) is 3.07. The Kier molecular flexibility index (Phi) is 5.83. The van der Waals surface area contributed by atoms with E-state index in [0.717, 1.165) is 19.3 Å². The van der Waals surface area contributed by atoms with Gasteiger partial charge in [-0.05, 0) is 32.6 Å². The quantitative estimate of drug-likeness (QED) is 0.741. The van der Waals surface area contributed by atoms with E-state index in [0.29, 0.717) is 5.92 Å². The van der Waals surface area contributed by atoms with Crippen molar-refractivity contribution in [3.8, 4) is 0 Å². The van der Waals surface area contributed by atoms with Gasteiger partial charge in [0.15, 0.2) is 5.79 Å². The SMILES string of the molecule is CCC[C@@H]1OC(C)(C)OC1C(O)/C=C\CC(C)C. The fourth-order valence-electron chi connectivity index (χ4n) is 2.26. The van der Waals surface area contributed by atoms with E-state index in [2.05, 4.69) is 20.8 Å². The summed E-state index contributed by atoms with van der Waals surface area (Å²) in [4.78, 5) is 0. The van der Waals surface area contributed by atoms with E-state index in [1.54, 1.807) is 0 Å². The smallest absolute Gasteiger partial charge is 0.163 e. The normalized spacial score (nSPS) is 29.3. The first kappa shape index (κ1) is 15.7. The fourth-order valence-corrected chi connectivity index (χ4v) is 2.26. The summed E-state index contributed by atoms with van der Waals surface area (Å²) in [5.74, 6) is 0.0225. The van der Waals surface area contributed by atoms with Gasteiger partial charge in [-0.25, -0.2) is 0 Å². The lowest BCUT2D eigenvalue weighted by atomic mass is 10.0. The molecule has 0 aliphatic carbocycles. The van der Waals surface area contributed by atoms with E-state index in [4.69, 9.17) is 9.47 Å². The summed E-state index contributed by atoms with van der Waals surface area (Å²) in [5.41, 5.74) is 0. The second-order valence-electron chi connectivity index (χ2n) is 5.98. The Morgan fingerprint density at radius 1 is 1.28 bits per heavy atom. The minimum absolute atomic E-state index is 0.0105. The average molecular weight is 256 g/mol. The number of ether oxygens (including phenoxy) is 2. The van der Waals surface area contributed by atoms with Crippen LogP contribution in [0.4, 0.5) is 0 Å². The molecule has 0 aromatic heterocycles. The van der Waals surface area contributed by atoms with Gasteiger partial charge in [-0.3, -0.25) is 0 Å². The van der Waals surface area contributed by atoms with Crippen molar-refractivity contribution in [2.24, 2.45) is 5.92 Å². The highest BCUT2D eigenvalue weighted by Gasteiger charge is 2.43. The minimum Gasteiger partial charge on any atom is -0.386 e. The van der Waals surface area contributed by atoms with Crippen LogP contribution in [-0.4, -0.2) is 29.2 Å². The van der Waals surface area contributed by atoms with Crippen LogP contribution in [0.15, 0.2) is 12.2 Å². The minimum atomic E-state index is -0.586. The van der Waals surface area contributed by atoms with Crippen LogP contribution in [0.5, 0.6) is 0 Å². The van der Waals surface area contributed by atoms with Crippen molar-refractivity contribution in [1.29, 1.82) is 0 Å². The second-order valence-corrected chi connectivity index (χ2v) is 5.98. The highest BCUT2D eigenvalue weighted by molar-refractivity contribution is 4.98. The molecule has 18 heavy (non-hydrogen) atoms. The third kappa shape index (κ3) is 4.71. The van der Waals surface area contributed by atoms with Gasteiger partial charge in [0.05, 0.1) is 6.10 Å². The lowest BCUT2D eigenvalue weighted by molar-refractivity contribution is -0.152. The zero-order chi connectivity index (χ0) is 13.8. The Morgan fingerprint density at radius 3 is 2.50 bits per heavy atom. The molecule has 1 aliphatic rings. The molecule has 3 nitrogen and oxygen atoms in total. The maximum Gasteiger partial charge on any atom is 0.163 e. The zero-order valence-corrected chi connectivity index (χ0v) is 12.3. The van der Waals surface area contributed by atoms with Gasteiger partial charge in [0.1, 0.15) is 12.2 Å². The third-order valence-corrected chi connectivity index (χ3v) is 3.07. The number of aliphatic hydroxyl groups is 1. The molecule has 0 aromatic rings. The van der Waals surface area contributed by atoms with E-state index in [1.165, 1.54) is 0 Å². The molecule has 1 aliphatic heterocycles. The molecule has 0 bridgehead atoms. The van der Waals surface area contributed by atoms with Crippen molar-refractivity contribution in [3.05, 3.63) is 12.2 Å². The Morgan fingerprint density at radius 2 is 1.94 bits per heavy atom. The summed E-state index contributed by atoms with van der Waals surface area (Å²) < 4.78 is 11.6. The lowest BCUT2D eigenvalue weighted by Gasteiger charge is -2.20. The van der Waals surface area contributed by atoms with Crippen molar-refractivity contribution in [1.82, 2.24) is 0 Å². The molecule has 0 radical (unpaired) electrons. The average Bonchev–Trinajstić information content (AvgIpc) is 2.54. The van der Waals surface area contributed by atoms with Gasteiger partial charge in [-0.15, -0.1) is 0 Å². The maximum absolute atomic E-state index is 10.2. The van der Waals surface area contributed by atoms with Crippen LogP contribution in [0.2, 0.25) is 0 Å². The van der Waals surface area contributed by atoms with Crippen molar-refractivity contribution >= 4 is 0 Å². The second kappa shape index (κ2) is 6.69. The highest BCUT2D eigenvalue weighted by atomic mass is 16.8. The van der Waals surface area contributed by atoms with Gasteiger partial charge in [-0.1, -0.05) is 39.3 Å². The molecule has 1 N–H and O–H groups in total. The van der Waals surface area contributed by atoms with Crippen molar-refractivity contribution in [2.75, 3.05) is 0 Å². The van der Waals surface area contributed by atoms with Gasteiger partial charge in [0.25, 0.3) is 0 Å². The van der Waals surface area contributed by atoms with Crippen LogP contribution in [-0.2, 0) is 9.47 Å². The van der Waals surface area contributed by atoms with Gasteiger partial charge in [-0.2, -0.15) is 0 Å². The number of hydrogen-bond acceptors (Lipinski definition) is 3. The molecule has 1 heterocycles. The Labute approximate surface area is 111 Å². The molecule has 0 amide bonds. The monoisotopic (exact) mass is 256 g/mol. The molecular weight excluding hydrogens is 228 g/mol. The highest BCUT2D eigenvalue weighted by Crippen LogP contribution is 2.32. The van der Waals surface area contributed by atoms with E-state index in [1.807, 2.05) is 26.0 Å². The van der Waals surface area contributed by atoms with Gasteiger partial charge >= 0.3 is 0 Å². The predicted molar refractivity (Wildman–Crippen MR) is 73.3 cm³/mol. The van der Waals surface area contributed by atoms with Gasteiger partial charge in [0, 0.05) is 0 Å². The topological polar surface area (TPSA) is 38.7 Å². The van der Waals surface area contributed by atoms with Crippen LogP contribution in [0.25, 0.3) is 0 Å². The summed E-state index contributed by atoms with van der Waals surface area (Å²) in [7, 11) is 0. The van der Waals surface area contributed by atoms with E-state index < -0.39 is 11.9 Å². The van der Waals surface area contributed by atoms with Crippen LogP contribution < -0.4 is 0 Å². The van der Waals surface area contributed by atoms with Crippen LogP contribution in [0, 0.1) is 5.92 Å². The number of hydrogen-bond donors (Lipinski definition) is 1. The van der Waals surface area contributed by atoms with Gasteiger partial charge in [0.2, 0.25) is 0 Å². The van der Waals surface area contributed by atoms with Crippen molar-refractivity contribution in [3.63, 3.8) is 0 Å². The first-order chi connectivity index (χ1) is 8.35. The molecule has 0 aromatic carbocycles. The van der Waals surface area contributed by atoms with E-state index >= 15 is 0 Å². The molecule has 1 saturated heterocycles. The first-order valence-corrected chi connectivity index (χ1v) is 7.06. The van der Waals surface area contributed by atoms with E-state index in [-0.39, 0.29) is 12.2 Å². The number of allylic oxidation sites excluding steroid dienone is 1. The first-order valence-electron chi connectivity index (χ1n) is 7.06. The summed E-state index contributed by atoms with van der Waals surface area (Å²) in [6.45, 7) is 10.2. The molecule has 1 fully saturated rings. The molecule has 2 unspecified atom stereocenters. The molecule has 3 atom stereocenters. The Balaban J connectivity index is 2.59. The Bertz CT molecular complexity index is 271. The zero-order valence-electron chi connectivity index (χ0n) is 12.3. The van der Waals surface area contributed by atoms with Crippen LogP contribution >= 0.6 is 0 Å². The molecular formula is C15H28O3. The molecule has 0 spiro atoms. The summed E-state index contributed by atoms with van der Waals surface area (Å²) in [5, 5.41) is 10.2. The van der Waals surface area contributed by atoms with Crippen molar-refractivity contribution in [2.45, 2.75) is 78.0 Å². The van der Waals surface area contributed by atoms with Crippen molar-refractivity contribution < 1.29 is 14.6 Å². The van der Waals surface area contributed by atoms with E-state index in [9.17, 15) is 5.11 Å². The summed E-state index contributed by atoms with van der Waals surface area (Å²) in [6.07, 6.45) is 5.97. The molecule has 3 heteroatoms. The molecule has 106 valence electrons. The maximum atomic E-state index is 10.2. The summed E-state index contributed by atoms with van der Waals surface area (Å²) >= 11 is 0. The number of rotatable bonds is 6. The largest absolute Gasteiger partial charge is 0.386 e. The number of aliphatic hydroxyl groups excluding tert-OH is 1. The standard InChI is InChI=1S/C15H28O3/c1-6-8-13-14(18-15(4,5)17-13)12(16)10-7-9-11(2)3/h7,10-14,16H,6,8-9H2,1-5H3/b10-7-/t12?,13-,14?/m0/s1. The molecule has 0 saturated carbocycles. The van der Waals surface area contributed by atoms with Crippen LogP contribution in [0.1, 0.15) is 53.9 Å². The summed E-state index contributed by atoms with van der Waals surface area (Å²) in [6, 6.07) is 0. The lowest BCUT2D eigenvalue weighted by Crippen LogP contribution is -2.34. The molecule has 1 rings (SSSR count). The Hall–Kier alpha value is -0.380. The fraction of sp³-hybridized carbons (Fsp3) is 0.867. The predicted octanol–water partition coefficient (Wildman–Crippen LogP) is 3.27. The van der Waals surface area contributed by atoms with Crippen LogP contribution in [0.3, 0.4) is 0 Å².